The summed E-state index contributed by atoms with van der Waals surface area (Å²) in [6, 6.07) is 7.62. The molecule has 0 heterocycles. The van der Waals surface area contributed by atoms with Crippen LogP contribution in [0.3, 0.4) is 0 Å². The zero-order valence-corrected chi connectivity index (χ0v) is 11.1. The summed E-state index contributed by atoms with van der Waals surface area (Å²) in [5, 5.41) is 2.53. The van der Waals surface area contributed by atoms with Crippen LogP contribution in [-0.4, -0.2) is 13.1 Å². The predicted molar refractivity (Wildman–Crippen MR) is 71.1 cm³/mol. The SMILES string of the molecule is COC(=O)C(Nc1ccccc1F)c1cccc(F)c1F. The number of nitrogens with one attached hydrogen (secondary N) is 1. The number of esters is 1. The Morgan fingerprint density at radius 1 is 1.05 bits per heavy atom. The molecule has 0 bridgehead atoms. The van der Waals surface area contributed by atoms with Crippen LogP contribution in [0.2, 0.25) is 0 Å². The highest BCUT2D eigenvalue weighted by Crippen LogP contribution is 2.26. The second-order valence-corrected chi connectivity index (χ2v) is 4.22. The lowest BCUT2D eigenvalue weighted by Gasteiger charge is -2.19. The minimum absolute atomic E-state index is 0.0171. The van der Waals surface area contributed by atoms with Crippen LogP contribution in [0.25, 0.3) is 0 Å². The Labute approximate surface area is 119 Å². The molecule has 6 heteroatoms. The molecular weight excluding hydrogens is 283 g/mol. The van der Waals surface area contributed by atoms with Crippen molar-refractivity contribution in [2.75, 3.05) is 12.4 Å². The number of anilines is 1. The third-order valence-corrected chi connectivity index (χ3v) is 2.90. The van der Waals surface area contributed by atoms with E-state index in [0.29, 0.717) is 0 Å². The summed E-state index contributed by atoms with van der Waals surface area (Å²) in [6.07, 6.45) is 0. The van der Waals surface area contributed by atoms with Crippen molar-refractivity contribution in [1.82, 2.24) is 0 Å². The predicted octanol–water partition coefficient (Wildman–Crippen LogP) is 3.43. The molecule has 3 nitrogen and oxygen atoms in total. The number of rotatable bonds is 4. The molecule has 0 saturated heterocycles. The molecule has 0 aromatic heterocycles. The molecule has 2 rings (SSSR count). The van der Waals surface area contributed by atoms with Crippen molar-refractivity contribution in [3.8, 4) is 0 Å². The van der Waals surface area contributed by atoms with Gasteiger partial charge in [-0.25, -0.2) is 18.0 Å². The van der Waals surface area contributed by atoms with Gasteiger partial charge in [-0.1, -0.05) is 24.3 Å². The average Bonchev–Trinajstić information content (AvgIpc) is 2.49. The number of para-hydroxylation sites is 1. The van der Waals surface area contributed by atoms with Gasteiger partial charge in [0.1, 0.15) is 5.82 Å². The van der Waals surface area contributed by atoms with E-state index < -0.39 is 29.5 Å². The first kappa shape index (κ1) is 14.9. The maximum Gasteiger partial charge on any atom is 0.333 e. The Morgan fingerprint density at radius 3 is 2.38 bits per heavy atom. The molecule has 0 aliphatic rings. The molecule has 1 unspecified atom stereocenters. The second-order valence-electron chi connectivity index (χ2n) is 4.22. The average molecular weight is 295 g/mol. The summed E-state index contributed by atoms with van der Waals surface area (Å²) in [5.41, 5.74) is -0.276. The molecule has 0 aliphatic heterocycles. The van der Waals surface area contributed by atoms with E-state index in [1.807, 2.05) is 0 Å². The summed E-state index contributed by atoms with van der Waals surface area (Å²) in [6.45, 7) is 0. The Hall–Kier alpha value is -2.50. The van der Waals surface area contributed by atoms with Crippen LogP contribution >= 0.6 is 0 Å². The van der Waals surface area contributed by atoms with Crippen molar-refractivity contribution < 1.29 is 22.7 Å². The van der Waals surface area contributed by atoms with Gasteiger partial charge in [0, 0.05) is 5.56 Å². The monoisotopic (exact) mass is 295 g/mol. The van der Waals surface area contributed by atoms with Gasteiger partial charge in [-0.3, -0.25) is 0 Å². The Morgan fingerprint density at radius 2 is 1.71 bits per heavy atom. The lowest BCUT2D eigenvalue weighted by Crippen LogP contribution is -2.24. The number of methoxy groups -OCH3 is 1. The highest BCUT2D eigenvalue weighted by atomic mass is 19.2. The first-order valence-corrected chi connectivity index (χ1v) is 6.07. The van der Waals surface area contributed by atoms with Gasteiger partial charge in [0.05, 0.1) is 12.8 Å². The molecule has 0 spiro atoms. The molecule has 110 valence electrons. The third-order valence-electron chi connectivity index (χ3n) is 2.90. The summed E-state index contributed by atoms with van der Waals surface area (Å²) in [5.74, 6) is -3.76. The fraction of sp³-hybridized carbons (Fsp3) is 0.133. The molecule has 1 N–H and O–H groups in total. The fourth-order valence-electron chi connectivity index (χ4n) is 1.86. The highest BCUT2D eigenvalue weighted by Gasteiger charge is 2.26. The minimum atomic E-state index is -1.36. The molecule has 0 aliphatic carbocycles. The quantitative estimate of drug-likeness (QED) is 0.878. The van der Waals surface area contributed by atoms with Gasteiger partial charge in [0.25, 0.3) is 0 Å². The Bertz CT molecular complexity index is 661. The molecule has 0 amide bonds. The molecule has 2 aromatic rings. The smallest absolute Gasteiger partial charge is 0.333 e. The molecule has 0 fully saturated rings. The number of hydrogen-bond acceptors (Lipinski definition) is 3. The molecule has 0 radical (unpaired) electrons. The molecule has 21 heavy (non-hydrogen) atoms. The number of halogens is 3. The maximum atomic E-state index is 13.8. The number of ether oxygens (including phenoxy) is 1. The normalized spacial score (nSPS) is 11.8. The van der Waals surface area contributed by atoms with Gasteiger partial charge >= 0.3 is 5.97 Å². The number of hydrogen-bond donors (Lipinski definition) is 1. The molecular formula is C15H12F3NO2. The first-order chi connectivity index (χ1) is 10.0. The summed E-state index contributed by atoms with van der Waals surface area (Å²) in [7, 11) is 1.11. The van der Waals surface area contributed by atoms with Gasteiger partial charge in [-0.2, -0.15) is 0 Å². The third kappa shape index (κ3) is 3.16. The van der Waals surface area contributed by atoms with Crippen LogP contribution in [0.1, 0.15) is 11.6 Å². The lowest BCUT2D eigenvalue weighted by atomic mass is 10.1. The van der Waals surface area contributed by atoms with Gasteiger partial charge < -0.3 is 10.1 Å². The van der Waals surface area contributed by atoms with E-state index in [0.717, 1.165) is 13.2 Å². The van der Waals surface area contributed by atoms with E-state index in [-0.39, 0.29) is 11.3 Å². The molecule has 1 atom stereocenters. The Kier molecular flexibility index (Phi) is 4.47. The fourth-order valence-corrected chi connectivity index (χ4v) is 1.86. The number of carbonyl (C=O) groups excluding carboxylic acids is 1. The van der Waals surface area contributed by atoms with Gasteiger partial charge in [-0.05, 0) is 18.2 Å². The van der Waals surface area contributed by atoms with E-state index >= 15 is 0 Å². The van der Waals surface area contributed by atoms with Crippen LogP contribution in [0.4, 0.5) is 18.9 Å². The van der Waals surface area contributed by atoms with Crippen molar-refractivity contribution in [3.05, 3.63) is 65.5 Å². The Balaban J connectivity index is 2.42. The second kappa shape index (κ2) is 6.30. The van der Waals surface area contributed by atoms with Crippen LogP contribution in [0, 0.1) is 17.5 Å². The summed E-state index contributed by atoms with van der Waals surface area (Å²) in [4.78, 5) is 11.8. The van der Waals surface area contributed by atoms with E-state index in [2.05, 4.69) is 10.1 Å². The van der Waals surface area contributed by atoms with E-state index in [1.54, 1.807) is 6.07 Å². The van der Waals surface area contributed by atoms with E-state index in [4.69, 9.17) is 0 Å². The van der Waals surface area contributed by atoms with Crippen LogP contribution in [0.15, 0.2) is 42.5 Å². The molecule has 2 aromatic carbocycles. The van der Waals surface area contributed by atoms with Crippen molar-refractivity contribution in [2.24, 2.45) is 0 Å². The van der Waals surface area contributed by atoms with Crippen molar-refractivity contribution >= 4 is 11.7 Å². The topological polar surface area (TPSA) is 38.3 Å². The summed E-state index contributed by atoms with van der Waals surface area (Å²) < 4.78 is 45.3. The minimum Gasteiger partial charge on any atom is -0.467 e. The maximum absolute atomic E-state index is 13.8. The zero-order valence-electron chi connectivity index (χ0n) is 11.1. The lowest BCUT2D eigenvalue weighted by molar-refractivity contribution is -0.141. The number of benzene rings is 2. The standard InChI is InChI=1S/C15H12F3NO2/c1-21-15(20)14(9-5-4-7-11(17)13(9)18)19-12-8-3-2-6-10(12)16/h2-8,14,19H,1H3. The van der Waals surface area contributed by atoms with E-state index in [9.17, 15) is 18.0 Å². The first-order valence-electron chi connectivity index (χ1n) is 6.07. The largest absolute Gasteiger partial charge is 0.467 e. The van der Waals surface area contributed by atoms with Gasteiger partial charge in [0.2, 0.25) is 0 Å². The van der Waals surface area contributed by atoms with Gasteiger partial charge in [0.15, 0.2) is 17.7 Å². The number of carbonyl (C=O) groups is 1. The molecule has 0 saturated carbocycles. The van der Waals surface area contributed by atoms with Crippen molar-refractivity contribution in [3.63, 3.8) is 0 Å². The van der Waals surface area contributed by atoms with Crippen LogP contribution in [0.5, 0.6) is 0 Å². The van der Waals surface area contributed by atoms with Gasteiger partial charge in [-0.15, -0.1) is 0 Å². The summed E-state index contributed by atoms with van der Waals surface area (Å²) >= 11 is 0. The van der Waals surface area contributed by atoms with Crippen LogP contribution in [-0.2, 0) is 9.53 Å². The zero-order chi connectivity index (χ0) is 15.4. The highest BCUT2D eigenvalue weighted by molar-refractivity contribution is 5.81. The van der Waals surface area contributed by atoms with Crippen molar-refractivity contribution in [1.29, 1.82) is 0 Å². The van der Waals surface area contributed by atoms with Crippen LogP contribution < -0.4 is 5.32 Å². The van der Waals surface area contributed by atoms with E-state index in [1.165, 1.54) is 30.3 Å². The van der Waals surface area contributed by atoms with Crippen molar-refractivity contribution in [2.45, 2.75) is 6.04 Å².